The van der Waals surface area contributed by atoms with Crippen LogP contribution in [0.3, 0.4) is 0 Å². The first-order chi connectivity index (χ1) is 9.96. The molecule has 0 heterocycles. The van der Waals surface area contributed by atoms with Crippen LogP contribution in [0.5, 0.6) is 0 Å². The molecular weight excluding hydrogens is 272 g/mol. The van der Waals surface area contributed by atoms with E-state index in [1.165, 1.54) is 20.1 Å². The number of methoxy groups -OCH3 is 1. The minimum absolute atomic E-state index is 0.156. The summed E-state index contributed by atoms with van der Waals surface area (Å²) in [7, 11) is 1.24. The van der Waals surface area contributed by atoms with Crippen molar-refractivity contribution in [3.63, 3.8) is 0 Å². The van der Waals surface area contributed by atoms with Crippen molar-refractivity contribution in [2.45, 2.75) is 13.8 Å². The Balaban J connectivity index is 2.65. The number of benzene rings is 1. The summed E-state index contributed by atoms with van der Waals surface area (Å²) in [6, 6.07) is 6.79. The molecule has 0 radical (unpaired) electrons. The van der Waals surface area contributed by atoms with Crippen LogP contribution in [-0.2, 0) is 19.1 Å². The summed E-state index contributed by atoms with van der Waals surface area (Å²) in [6.45, 7) is 3.29. The highest BCUT2D eigenvalue weighted by Crippen LogP contribution is 2.47. The maximum Gasteiger partial charge on any atom is 0.330 e. The van der Waals surface area contributed by atoms with Crippen molar-refractivity contribution in [1.82, 2.24) is 0 Å². The Morgan fingerprint density at radius 2 is 1.86 bits per heavy atom. The molecule has 0 spiro atoms. The van der Waals surface area contributed by atoms with Crippen LogP contribution in [0.15, 0.2) is 30.3 Å². The van der Waals surface area contributed by atoms with Crippen LogP contribution in [0.4, 0.5) is 0 Å². The van der Waals surface area contributed by atoms with Crippen molar-refractivity contribution in [3.05, 3.63) is 41.5 Å². The Hall–Kier alpha value is -2.43. The van der Waals surface area contributed by atoms with E-state index in [1.54, 1.807) is 31.2 Å². The molecule has 2 rings (SSSR count). The van der Waals surface area contributed by atoms with Gasteiger partial charge in [0, 0.05) is 11.6 Å². The monoisotopic (exact) mass is 288 g/mol. The van der Waals surface area contributed by atoms with Gasteiger partial charge in [0.15, 0.2) is 11.2 Å². The van der Waals surface area contributed by atoms with Crippen LogP contribution < -0.4 is 0 Å². The van der Waals surface area contributed by atoms with Crippen molar-refractivity contribution < 1.29 is 23.9 Å². The maximum atomic E-state index is 12.6. The molecular formula is C16H16O5. The largest absolute Gasteiger partial charge is 0.466 e. The molecule has 21 heavy (non-hydrogen) atoms. The fraction of sp³-hybridized carbons (Fsp3) is 0.312. The number of ketones is 1. The van der Waals surface area contributed by atoms with Gasteiger partial charge in [0.1, 0.15) is 0 Å². The standard InChI is InChI=1S/C16H16O5/c1-4-21-15(19)16(2)12(9-13(17)20-3)10-7-5-6-8-11(10)14(16)18/h5-9H,4H2,1-3H3/b12-9+. The number of rotatable bonds is 3. The molecule has 1 aromatic carbocycles. The van der Waals surface area contributed by atoms with Gasteiger partial charge in [0.25, 0.3) is 0 Å². The summed E-state index contributed by atoms with van der Waals surface area (Å²) in [6.07, 6.45) is 1.18. The summed E-state index contributed by atoms with van der Waals surface area (Å²) in [4.78, 5) is 36.5. The third-order valence-electron chi connectivity index (χ3n) is 3.60. The Morgan fingerprint density at radius 3 is 2.43 bits per heavy atom. The van der Waals surface area contributed by atoms with Crippen molar-refractivity contribution in [1.29, 1.82) is 0 Å². The SMILES string of the molecule is CCOC(=O)C1(C)C(=O)c2ccccc2/C1=C\C(=O)OC. The molecule has 1 aliphatic carbocycles. The minimum Gasteiger partial charge on any atom is -0.466 e. The normalized spacial score (nSPS) is 22.0. The zero-order chi connectivity index (χ0) is 15.6. The van der Waals surface area contributed by atoms with E-state index in [4.69, 9.17) is 4.74 Å². The molecule has 0 saturated carbocycles. The highest BCUT2D eigenvalue weighted by molar-refractivity contribution is 6.28. The van der Waals surface area contributed by atoms with Crippen LogP contribution >= 0.6 is 0 Å². The molecule has 1 aromatic rings. The van der Waals surface area contributed by atoms with Crippen LogP contribution in [0.2, 0.25) is 0 Å². The second kappa shape index (κ2) is 5.52. The highest BCUT2D eigenvalue weighted by atomic mass is 16.5. The molecule has 0 aromatic heterocycles. The number of fused-ring (bicyclic) bond motifs is 1. The lowest BCUT2D eigenvalue weighted by atomic mass is 9.81. The number of ether oxygens (including phenoxy) is 2. The molecule has 0 amide bonds. The molecule has 0 aliphatic heterocycles. The topological polar surface area (TPSA) is 69.7 Å². The third-order valence-corrected chi connectivity index (χ3v) is 3.60. The molecule has 1 atom stereocenters. The summed E-state index contributed by atoms with van der Waals surface area (Å²) < 4.78 is 9.64. The number of carbonyl (C=O) groups excluding carboxylic acids is 3. The molecule has 5 nitrogen and oxygen atoms in total. The molecule has 0 fully saturated rings. The van der Waals surface area contributed by atoms with E-state index in [0.717, 1.165) is 0 Å². The predicted octanol–water partition coefficient (Wildman–Crippen LogP) is 2.01. The van der Waals surface area contributed by atoms with E-state index in [0.29, 0.717) is 16.7 Å². The van der Waals surface area contributed by atoms with E-state index in [-0.39, 0.29) is 12.4 Å². The van der Waals surface area contributed by atoms with Gasteiger partial charge in [-0.3, -0.25) is 9.59 Å². The average Bonchev–Trinajstić information content (AvgIpc) is 2.71. The number of hydrogen-bond acceptors (Lipinski definition) is 5. The number of hydrogen-bond donors (Lipinski definition) is 0. The lowest BCUT2D eigenvalue weighted by Crippen LogP contribution is -2.35. The van der Waals surface area contributed by atoms with E-state index in [1.807, 2.05) is 0 Å². The third kappa shape index (κ3) is 2.24. The lowest BCUT2D eigenvalue weighted by molar-refractivity contribution is -0.148. The van der Waals surface area contributed by atoms with Gasteiger partial charge in [-0.1, -0.05) is 24.3 Å². The molecule has 0 N–H and O–H groups in total. The van der Waals surface area contributed by atoms with Crippen LogP contribution in [0.1, 0.15) is 29.8 Å². The lowest BCUT2D eigenvalue weighted by Gasteiger charge is -2.22. The molecule has 1 aliphatic rings. The second-order valence-electron chi connectivity index (χ2n) is 4.80. The number of Topliss-reactive ketones (excluding diaryl/α,β-unsaturated/α-hetero) is 1. The molecule has 110 valence electrons. The van der Waals surface area contributed by atoms with Gasteiger partial charge in [-0.2, -0.15) is 0 Å². The summed E-state index contributed by atoms with van der Waals surface area (Å²) >= 11 is 0. The molecule has 0 saturated heterocycles. The Bertz CT molecular complexity index is 644. The van der Waals surface area contributed by atoms with E-state index in [9.17, 15) is 14.4 Å². The number of esters is 2. The van der Waals surface area contributed by atoms with Crippen LogP contribution in [-0.4, -0.2) is 31.4 Å². The van der Waals surface area contributed by atoms with Crippen molar-refractivity contribution in [3.8, 4) is 0 Å². The first-order valence-corrected chi connectivity index (χ1v) is 6.58. The first kappa shape index (κ1) is 15.0. The fourth-order valence-electron chi connectivity index (χ4n) is 2.45. The van der Waals surface area contributed by atoms with Crippen molar-refractivity contribution in [2.24, 2.45) is 5.41 Å². The fourth-order valence-corrected chi connectivity index (χ4v) is 2.45. The van der Waals surface area contributed by atoms with Gasteiger partial charge >= 0.3 is 11.9 Å². The van der Waals surface area contributed by atoms with E-state index in [2.05, 4.69) is 4.74 Å². The van der Waals surface area contributed by atoms with Crippen molar-refractivity contribution >= 4 is 23.3 Å². The van der Waals surface area contributed by atoms with Gasteiger partial charge in [0.05, 0.1) is 13.7 Å². The van der Waals surface area contributed by atoms with E-state index >= 15 is 0 Å². The smallest absolute Gasteiger partial charge is 0.330 e. The van der Waals surface area contributed by atoms with Gasteiger partial charge < -0.3 is 9.47 Å². The van der Waals surface area contributed by atoms with Gasteiger partial charge in [-0.25, -0.2) is 4.79 Å². The first-order valence-electron chi connectivity index (χ1n) is 6.58. The number of carbonyl (C=O) groups is 3. The van der Waals surface area contributed by atoms with Gasteiger partial charge in [-0.05, 0) is 25.0 Å². The second-order valence-corrected chi connectivity index (χ2v) is 4.80. The maximum absolute atomic E-state index is 12.6. The summed E-state index contributed by atoms with van der Waals surface area (Å²) in [5, 5.41) is 0. The molecule has 5 heteroatoms. The minimum atomic E-state index is -1.52. The van der Waals surface area contributed by atoms with Crippen LogP contribution in [0.25, 0.3) is 5.57 Å². The zero-order valence-electron chi connectivity index (χ0n) is 12.1. The quantitative estimate of drug-likeness (QED) is 0.483. The Labute approximate surface area is 122 Å². The summed E-state index contributed by atoms with van der Waals surface area (Å²) in [5.74, 6) is -1.65. The zero-order valence-corrected chi connectivity index (χ0v) is 12.1. The van der Waals surface area contributed by atoms with Gasteiger partial charge in [-0.15, -0.1) is 0 Å². The molecule has 0 bridgehead atoms. The summed E-state index contributed by atoms with van der Waals surface area (Å²) in [5.41, 5.74) is -0.242. The Kier molecular flexibility index (Phi) is 3.93. The predicted molar refractivity (Wildman–Crippen MR) is 75.5 cm³/mol. The van der Waals surface area contributed by atoms with E-state index < -0.39 is 17.4 Å². The average molecular weight is 288 g/mol. The highest BCUT2D eigenvalue weighted by Gasteiger charge is 2.52. The van der Waals surface area contributed by atoms with Crippen LogP contribution in [0, 0.1) is 5.41 Å². The molecule has 1 unspecified atom stereocenters. The van der Waals surface area contributed by atoms with Crippen molar-refractivity contribution in [2.75, 3.05) is 13.7 Å². The van der Waals surface area contributed by atoms with Gasteiger partial charge in [0.2, 0.25) is 0 Å². The Morgan fingerprint density at radius 1 is 1.24 bits per heavy atom.